The number of aryl methyl sites for hydroxylation is 1. The first-order valence-electron chi connectivity index (χ1n) is 8.00. The maximum Gasteiger partial charge on any atom is 0.230 e. The van der Waals surface area contributed by atoms with E-state index in [0.29, 0.717) is 24.8 Å². The Bertz CT molecular complexity index is 798. The van der Waals surface area contributed by atoms with E-state index in [0.717, 1.165) is 31.4 Å². The van der Waals surface area contributed by atoms with E-state index in [1.54, 1.807) is 4.31 Å². The van der Waals surface area contributed by atoms with Gasteiger partial charge in [-0.05, 0) is 37.8 Å². The van der Waals surface area contributed by atoms with Gasteiger partial charge in [0.1, 0.15) is 0 Å². The van der Waals surface area contributed by atoms with Crippen LogP contribution in [0.4, 0.5) is 0 Å². The predicted molar refractivity (Wildman–Crippen MR) is 84.2 cm³/mol. The zero-order valence-electron chi connectivity index (χ0n) is 13.1. The molecular weight excluding hydrogens is 316 g/mol. The van der Waals surface area contributed by atoms with E-state index in [1.807, 2.05) is 29.9 Å². The molecule has 3 heterocycles. The van der Waals surface area contributed by atoms with E-state index < -0.39 is 10.0 Å². The van der Waals surface area contributed by atoms with Crippen LogP contribution in [0.25, 0.3) is 11.5 Å². The van der Waals surface area contributed by atoms with Crippen molar-refractivity contribution in [2.75, 3.05) is 13.1 Å². The number of hydrogen-bond donors (Lipinski definition) is 0. The lowest BCUT2D eigenvalue weighted by Crippen LogP contribution is -2.39. The smallest absolute Gasteiger partial charge is 0.230 e. The highest BCUT2D eigenvalue weighted by atomic mass is 32.2. The highest BCUT2D eigenvalue weighted by Crippen LogP contribution is 2.35. The Balaban J connectivity index is 1.45. The summed E-state index contributed by atoms with van der Waals surface area (Å²) in [6, 6.07) is 3.88. The average Bonchev–Trinajstić information content (AvgIpc) is 3.17. The molecule has 4 rings (SSSR count). The second-order valence-electron chi connectivity index (χ2n) is 6.38. The van der Waals surface area contributed by atoms with Gasteiger partial charge in [-0.25, -0.2) is 12.7 Å². The van der Waals surface area contributed by atoms with Crippen LogP contribution in [0.1, 0.15) is 37.5 Å². The molecule has 23 heavy (non-hydrogen) atoms. The molecule has 1 saturated carbocycles. The van der Waals surface area contributed by atoms with E-state index in [-0.39, 0.29) is 11.2 Å². The van der Waals surface area contributed by atoms with Crippen LogP contribution in [0.2, 0.25) is 0 Å². The van der Waals surface area contributed by atoms with Crippen molar-refractivity contribution in [2.45, 2.75) is 36.9 Å². The maximum atomic E-state index is 12.3. The number of hydrogen-bond acceptors (Lipinski definition) is 5. The second-order valence-corrected chi connectivity index (χ2v) is 8.59. The van der Waals surface area contributed by atoms with Crippen molar-refractivity contribution in [1.82, 2.24) is 19.0 Å². The normalized spacial score (nSPS) is 20.9. The molecule has 2 aromatic rings. The van der Waals surface area contributed by atoms with Crippen LogP contribution in [-0.4, -0.2) is 45.8 Å². The van der Waals surface area contributed by atoms with Crippen LogP contribution in [0.15, 0.2) is 22.9 Å². The molecule has 0 bridgehead atoms. The van der Waals surface area contributed by atoms with Crippen LogP contribution < -0.4 is 0 Å². The molecule has 1 aliphatic carbocycles. The molecule has 0 N–H and O–H groups in total. The van der Waals surface area contributed by atoms with Crippen LogP contribution in [-0.2, 0) is 17.1 Å². The Morgan fingerprint density at radius 3 is 2.57 bits per heavy atom. The third-order valence-corrected chi connectivity index (χ3v) is 7.12. The third kappa shape index (κ3) is 2.70. The van der Waals surface area contributed by atoms with Gasteiger partial charge in [0, 0.05) is 32.3 Å². The van der Waals surface area contributed by atoms with Crippen LogP contribution in [0.3, 0.4) is 0 Å². The lowest BCUT2D eigenvalue weighted by atomic mass is 9.98. The molecule has 124 valence electrons. The first-order valence-corrected chi connectivity index (χ1v) is 9.50. The fourth-order valence-electron chi connectivity index (χ4n) is 3.13. The summed E-state index contributed by atoms with van der Waals surface area (Å²) in [6.07, 6.45) is 5.03. The molecule has 2 aliphatic rings. The van der Waals surface area contributed by atoms with Gasteiger partial charge in [0.15, 0.2) is 0 Å². The van der Waals surface area contributed by atoms with E-state index >= 15 is 0 Å². The first-order chi connectivity index (χ1) is 11.1. The molecule has 7 nitrogen and oxygen atoms in total. The number of rotatable bonds is 4. The van der Waals surface area contributed by atoms with Gasteiger partial charge in [0.2, 0.25) is 21.7 Å². The Morgan fingerprint density at radius 2 is 1.96 bits per heavy atom. The minimum atomic E-state index is -3.07. The Kier molecular flexibility index (Phi) is 3.53. The first kappa shape index (κ1) is 14.9. The van der Waals surface area contributed by atoms with Gasteiger partial charge in [-0.15, -0.1) is 0 Å². The Hall–Kier alpha value is -1.67. The molecule has 2 fully saturated rings. The van der Waals surface area contributed by atoms with Crippen molar-refractivity contribution < 1.29 is 12.9 Å². The van der Waals surface area contributed by atoms with Crippen molar-refractivity contribution >= 4 is 10.0 Å². The zero-order valence-corrected chi connectivity index (χ0v) is 13.9. The monoisotopic (exact) mass is 336 g/mol. The summed E-state index contributed by atoms with van der Waals surface area (Å²) < 4.78 is 33.5. The minimum Gasteiger partial charge on any atom is -0.348 e. The summed E-state index contributed by atoms with van der Waals surface area (Å²) in [7, 11) is -1.13. The van der Waals surface area contributed by atoms with Gasteiger partial charge in [-0.2, -0.15) is 4.98 Å². The molecule has 0 radical (unpaired) electrons. The summed E-state index contributed by atoms with van der Waals surface area (Å²) in [4.78, 5) is 4.51. The fourth-order valence-corrected chi connectivity index (χ4v) is 5.01. The minimum absolute atomic E-state index is 0.133. The molecule has 0 spiro atoms. The van der Waals surface area contributed by atoms with Crippen molar-refractivity contribution in [1.29, 1.82) is 0 Å². The van der Waals surface area contributed by atoms with Gasteiger partial charge >= 0.3 is 0 Å². The van der Waals surface area contributed by atoms with Crippen molar-refractivity contribution in [3.05, 3.63) is 24.2 Å². The van der Waals surface area contributed by atoms with Gasteiger partial charge in [-0.3, -0.25) is 0 Å². The average molecular weight is 336 g/mol. The molecule has 2 aromatic heterocycles. The molecule has 0 atom stereocenters. The molecule has 8 heteroatoms. The van der Waals surface area contributed by atoms with E-state index in [1.165, 1.54) is 0 Å². The van der Waals surface area contributed by atoms with Crippen molar-refractivity contribution in [2.24, 2.45) is 7.05 Å². The summed E-state index contributed by atoms with van der Waals surface area (Å²) in [5.74, 6) is 1.34. The summed E-state index contributed by atoms with van der Waals surface area (Å²) in [6.45, 7) is 1.09. The van der Waals surface area contributed by atoms with Crippen molar-refractivity contribution in [3.63, 3.8) is 0 Å². The van der Waals surface area contributed by atoms with Crippen LogP contribution >= 0.6 is 0 Å². The highest BCUT2D eigenvalue weighted by molar-refractivity contribution is 7.90. The molecule has 0 amide bonds. The van der Waals surface area contributed by atoms with Gasteiger partial charge < -0.3 is 9.09 Å². The van der Waals surface area contributed by atoms with Crippen LogP contribution in [0.5, 0.6) is 0 Å². The lowest BCUT2D eigenvalue weighted by Gasteiger charge is -2.29. The van der Waals surface area contributed by atoms with Gasteiger partial charge in [0.05, 0.1) is 10.9 Å². The zero-order chi connectivity index (χ0) is 16.0. The quantitative estimate of drug-likeness (QED) is 0.849. The number of aromatic nitrogens is 3. The van der Waals surface area contributed by atoms with Crippen LogP contribution in [0, 0.1) is 0 Å². The molecule has 1 saturated heterocycles. The molecule has 1 aliphatic heterocycles. The third-order valence-electron chi connectivity index (χ3n) is 4.72. The number of piperidine rings is 1. The molecule has 0 aromatic carbocycles. The summed E-state index contributed by atoms with van der Waals surface area (Å²) in [5, 5.41) is 3.93. The van der Waals surface area contributed by atoms with Gasteiger partial charge in [0.25, 0.3) is 0 Å². The fraction of sp³-hybridized carbons (Fsp3) is 0.600. The Morgan fingerprint density at radius 1 is 1.22 bits per heavy atom. The van der Waals surface area contributed by atoms with Gasteiger partial charge in [-0.1, -0.05) is 5.16 Å². The van der Waals surface area contributed by atoms with E-state index in [4.69, 9.17) is 4.52 Å². The predicted octanol–water partition coefficient (Wildman–Crippen LogP) is 1.75. The van der Waals surface area contributed by atoms with E-state index in [2.05, 4.69) is 10.1 Å². The number of sulfonamides is 1. The standard InChI is InChI=1S/C15H20N4O3S/c1-18-8-2-3-13(18)14-16-15(22-17-14)11-6-9-19(10-7-11)23(20,21)12-4-5-12/h2-3,8,11-12H,4-7,9-10H2,1H3. The Labute approximate surface area is 135 Å². The topological polar surface area (TPSA) is 81.2 Å². The number of nitrogens with zero attached hydrogens (tertiary/aromatic N) is 4. The summed E-state index contributed by atoms with van der Waals surface area (Å²) in [5.41, 5.74) is 0.911. The second kappa shape index (κ2) is 5.45. The van der Waals surface area contributed by atoms with E-state index in [9.17, 15) is 8.42 Å². The maximum absolute atomic E-state index is 12.3. The largest absolute Gasteiger partial charge is 0.348 e. The lowest BCUT2D eigenvalue weighted by molar-refractivity contribution is 0.270. The molecular formula is C15H20N4O3S. The van der Waals surface area contributed by atoms with Crippen molar-refractivity contribution in [3.8, 4) is 11.5 Å². The molecule has 0 unspecified atom stereocenters. The highest BCUT2D eigenvalue weighted by Gasteiger charge is 2.41. The summed E-state index contributed by atoms with van der Waals surface area (Å²) >= 11 is 0. The SMILES string of the molecule is Cn1cccc1-c1noc(C2CCN(S(=O)(=O)C3CC3)CC2)n1.